The number of nitrogens with one attached hydrogen (secondary N) is 2. The molecule has 0 heterocycles. The Balaban J connectivity index is 2.83. The molecule has 0 aliphatic heterocycles. The van der Waals surface area contributed by atoms with Crippen molar-refractivity contribution in [1.82, 2.24) is 5.32 Å². The van der Waals surface area contributed by atoms with E-state index in [0.717, 1.165) is 5.56 Å². The normalized spacial score (nSPS) is 9.62. The molecule has 2 N–H and O–H groups in total. The van der Waals surface area contributed by atoms with E-state index in [4.69, 9.17) is 11.6 Å². The van der Waals surface area contributed by atoms with Gasteiger partial charge in [-0.05, 0) is 11.6 Å². The summed E-state index contributed by atoms with van der Waals surface area (Å²) in [5, 5.41) is 5.17. The number of rotatable bonds is 4. The summed E-state index contributed by atoms with van der Waals surface area (Å²) in [4.78, 5) is 22.4. The van der Waals surface area contributed by atoms with E-state index < -0.39 is 0 Å². The minimum atomic E-state index is -0.286. The number of carbonyl (C=O) groups is 2. The molecule has 0 saturated carbocycles. The lowest BCUT2D eigenvalue weighted by molar-refractivity contribution is -0.120. The second-order valence-electron chi connectivity index (χ2n) is 3.19. The van der Waals surface area contributed by atoms with E-state index in [1.165, 1.54) is 0 Å². The van der Waals surface area contributed by atoms with Crippen LogP contribution in [0.3, 0.4) is 0 Å². The Bertz CT molecular complexity index is 356. The van der Waals surface area contributed by atoms with Crippen LogP contribution >= 0.6 is 11.6 Å². The van der Waals surface area contributed by atoms with Crippen LogP contribution in [0.5, 0.6) is 0 Å². The first-order valence-corrected chi connectivity index (χ1v) is 5.35. The number of alkyl halides is 1. The topological polar surface area (TPSA) is 58.2 Å². The van der Waals surface area contributed by atoms with Crippen molar-refractivity contribution < 1.29 is 9.59 Å². The lowest BCUT2D eigenvalue weighted by atomic mass is 10.1. The Kier molecular flexibility index (Phi) is 4.79. The Hall–Kier alpha value is -1.55. The largest absolute Gasteiger partial charge is 0.359 e. The van der Waals surface area contributed by atoms with Gasteiger partial charge in [-0.15, -0.1) is 11.6 Å². The fraction of sp³-hybridized carbons (Fsp3) is 0.273. The molecule has 0 unspecified atom stereocenters. The van der Waals surface area contributed by atoms with Crippen molar-refractivity contribution in [3.05, 3.63) is 29.8 Å². The molecule has 0 spiro atoms. The highest BCUT2D eigenvalue weighted by Gasteiger charge is 2.08. The summed E-state index contributed by atoms with van der Waals surface area (Å²) in [6.07, 6.45) is 0.231. The summed E-state index contributed by atoms with van der Waals surface area (Å²) in [7, 11) is 1.57. The van der Waals surface area contributed by atoms with Gasteiger partial charge in [-0.2, -0.15) is 0 Å². The standard InChI is InChI=1S/C11H13ClN2O2/c1-13-10(15)6-8-4-2-3-5-9(8)14-11(16)7-12/h2-5H,6-7H2,1H3,(H,13,15)(H,14,16). The molecule has 0 saturated heterocycles. The molecule has 0 radical (unpaired) electrons. The molecule has 1 aromatic carbocycles. The van der Waals surface area contributed by atoms with Gasteiger partial charge in [0.05, 0.1) is 6.42 Å². The maximum Gasteiger partial charge on any atom is 0.239 e. The Labute approximate surface area is 99.0 Å². The van der Waals surface area contributed by atoms with Crippen molar-refractivity contribution in [2.24, 2.45) is 0 Å². The molecule has 16 heavy (non-hydrogen) atoms. The van der Waals surface area contributed by atoms with Crippen molar-refractivity contribution in [2.45, 2.75) is 6.42 Å². The molecular formula is C11H13ClN2O2. The van der Waals surface area contributed by atoms with E-state index >= 15 is 0 Å². The summed E-state index contributed by atoms with van der Waals surface area (Å²) in [5.41, 5.74) is 1.39. The maximum absolute atomic E-state index is 11.2. The molecular weight excluding hydrogens is 228 g/mol. The van der Waals surface area contributed by atoms with Crippen molar-refractivity contribution in [3.63, 3.8) is 0 Å². The number of hydrogen-bond donors (Lipinski definition) is 2. The average Bonchev–Trinajstić information content (AvgIpc) is 2.31. The van der Waals surface area contributed by atoms with Gasteiger partial charge in [-0.25, -0.2) is 0 Å². The van der Waals surface area contributed by atoms with Crippen LogP contribution in [0.4, 0.5) is 5.69 Å². The van der Waals surface area contributed by atoms with Crippen LogP contribution in [0.25, 0.3) is 0 Å². The molecule has 5 heteroatoms. The molecule has 2 amide bonds. The van der Waals surface area contributed by atoms with Crippen molar-refractivity contribution >= 4 is 29.1 Å². The number of halogens is 1. The second-order valence-corrected chi connectivity index (χ2v) is 3.46. The van der Waals surface area contributed by atoms with Gasteiger partial charge in [-0.1, -0.05) is 18.2 Å². The molecule has 0 fully saturated rings. The number of anilines is 1. The van der Waals surface area contributed by atoms with Gasteiger partial charge in [0, 0.05) is 12.7 Å². The van der Waals surface area contributed by atoms with Crippen LogP contribution in [0, 0.1) is 0 Å². The van der Waals surface area contributed by atoms with E-state index in [-0.39, 0.29) is 24.1 Å². The number of likely N-dealkylation sites (N-methyl/N-ethyl adjacent to an activating group) is 1. The third kappa shape index (κ3) is 3.55. The number of para-hydroxylation sites is 1. The summed E-state index contributed by atoms with van der Waals surface area (Å²) in [6, 6.07) is 7.13. The van der Waals surface area contributed by atoms with E-state index in [9.17, 15) is 9.59 Å². The van der Waals surface area contributed by atoms with Crippen molar-refractivity contribution in [3.8, 4) is 0 Å². The van der Waals surface area contributed by atoms with Crippen molar-refractivity contribution in [2.75, 3.05) is 18.2 Å². The first kappa shape index (κ1) is 12.5. The van der Waals surface area contributed by atoms with E-state index in [1.54, 1.807) is 25.2 Å². The molecule has 0 atom stereocenters. The van der Waals surface area contributed by atoms with Crippen LogP contribution in [-0.2, 0) is 16.0 Å². The lowest BCUT2D eigenvalue weighted by Gasteiger charge is -2.09. The summed E-state index contributed by atoms with van der Waals surface area (Å²) in [6.45, 7) is 0. The Morgan fingerprint density at radius 2 is 1.94 bits per heavy atom. The highest BCUT2D eigenvalue weighted by molar-refractivity contribution is 6.29. The predicted molar refractivity (Wildman–Crippen MR) is 63.6 cm³/mol. The summed E-state index contributed by atoms with van der Waals surface area (Å²) >= 11 is 5.40. The molecule has 4 nitrogen and oxygen atoms in total. The molecule has 0 aliphatic carbocycles. The quantitative estimate of drug-likeness (QED) is 0.776. The zero-order valence-electron chi connectivity index (χ0n) is 8.92. The van der Waals surface area contributed by atoms with Crippen LogP contribution in [0.15, 0.2) is 24.3 Å². The smallest absolute Gasteiger partial charge is 0.239 e. The molecule has 0 aromatic heterocycles. The van der Waals surface area contributed by atoms with E-state index in [0.29, 0.717) is 5.69 Å². The number of benzene rings is 1. The van der Waals surface area contributed by atoms with Gasteiger partial charge < -0.3 is 10.6 Å². The van der Waals surface area contributed by atoms with E-state index in [2.05, 4.69) is 10.6 Å². The third-order valence-electron chi connectivity index (χ3n) is 2.04. The minimum Gasteiger partial charge on any atom is -0.359 e. The summed E-state index contributed by atoms with van der Waals surface area (Å²) in [5.74, 6) is -0.493. The highest BCUT2D eigenvalue weighted by Crippen LogP contribution is 2.15. The highest BCUT2D eigenvalue weighted by atomic mass is 35.5. The fourth-order valence-electron chi connectivity index (χ4n) is 1.24. The molecule has 0 bridgehead atoms. The van der Waals surface area contributed by atoms with Crippen LogP contribution in [0.2, 0.25) is 0 Å². The van der Waals surface area contributed by atoms with Gasteiger partial charge in [0.1, 0.15) is 5.88 Å². The third-order valence-corrected chi connectivity index (χ3v) is 2.29. The minimum absolute atomic E-state index is 0.103. The summed E-state index contributed by atoms with van der Waals surface area (Å²) < 4.78 is 0. The van der Waals surface area contributed by atoms with Gasteiger partial charge in [-0.3, -0.25) is 9.59 Å². The second kappa shape index (κ2) is 6.12. The zero-order valence-corrected chi connectivity index (χ0v) is 9.67. The van der Waals surface area contributed by atoms with Crippen molar-refractivity contribution in [1.29, 1.82) is 0 Å². The molecule has 86 valence electrons. The first-order valence-electron chi connectivity index (χ1n) is 4.81. The number of hydrogen-bond acceptors (Lipinski definition) is 2. The van der Waals surface area contributed by atoms with E-state index in [1.807, 2.05) is 6.07 Å². The van der Waals surface area contributed by atoms with Crippen LogP contribution < -0.4 is 10.6 Å². The maximum atomic E-state index is 11.2. The first-order chi connectivity index (χ1) is 7.67. The van der Waals surface area contributed by atoms with Gasteiger partial charge >= 0.3 is 0 Å². The number of carbonyl (C=O) groups excluding carboxylic acids is 2. The van der Waals surface area contributed by atoms with Gasteiger partial charge in [0.25, 0.3) is 0 Å². The zero-order chi connectivity index (χ0) is 12.0. The lowest BCUT2D eigenvalue weighted by Crippen LogP contribution is -2.21. The van der Waals surface area contributed by atoms with Crippen LogP contribution in [-0.4, -0.2) is 24.7 Å². The van der Waals surface area contributed by atoms with Gasteiger partial charge in [0.15, 0.2) is 0 Å². The predicted octanol–water partition coefficient (Wildman–Crippen LogP) is 1.15. The molecule has 0 aliphatic rings. The fourth-order valence-corrected chi connectivity index (χ4v) is 1.31. The van der Waals surface area contributed by atoms with Gasteiger partial charge in [0.2, 0.25) is 11.8 Å². The Morgan fingerprint density at radius 1 is 1.25 bits per heavy atom. The average molecular weight is 241 g/mol. The number of amides is 2. The monoisotopic (exact) mass is 240 g/mol. The molecule has 1 aromatic rings. The SMILES string of the molecule is CNC(=O)Cc1ccccc1NC(=O)CCl. The van der Waals surface area contributed by atoms with Crippen LogP contribution in [0.1, 0.15) is 5.56 Å². The molecule has 1 rings (SSSR count). The Morgan fingerprint density at radius 3 is 2.56 bits per heavy atom.